The molecule has 1 unspecified atom stereocenters. The van der Waals surface area contributed by atoms with Crippen LogP contribution < -0.4 is 15.0 Å². The van der Waals surface area contributed by atoms with Crippen molar-refractivity contribution in [3.05, 3.63) is 54.1 Å². The lowest BCUT2D eigenvalue weighted by Gasteiger charge is -2.17. The third-order valence-corrected chi connectivity index (χ3v) is 5.53. The minimum Gasteiger partial charge on any atom is -0.497 e. The number of thioether (sulfide) groups is 1. The maximum absolute atomic E-state index is 12.8. The molecule has 1 atom stereocenters. The zero-order valence-corrected chi connectivity index (χ0v) is 16.0. The number of para-hydroxylation sites is 1. The lowest BCUT2D eigenvalue weighted by Crippen LogP contribution is -2.33. The first-order chi connectivity index (χ1) is 12.5. The van der Waals surface area contributed by atoms with Crippen LogP contribution in [-0.4, -0.2) is 28.5 Å². The van der Waals surface area contributed by atoms with Crippen molar-refractivity contribution in [1.29, 1.82) is 0 Å². The minimum atomic E-state index is -0.514. The Kier molecular flexibility index (Phi) is 5.58. The van der Waals surface area contributed by atoms with Gasteiger partial charge in [-0.2, -0.15) is 0 Å². The summed E-state index contributed by atoms with van der Waals surface area (Å²) in [5.41, 5.74) is 2.39. The number of ether oxygens (including phenoxy) is 1. The summed E-state index contributed by atoms with van der Waals surface area (Å²) in [6.07, 6.45) is 0.0675. The normalized spacial score (nSPS) is 16.7. The molecule has 0 bridgehead atoms. The number of nitrogens with one attached hydrogen (secondary N) is 1. The van der Waals surface area contributed by atoms with Gasteiger partial charge in [-0.1, -0.05) is 42.2 Å². The molecule has 0 saturated carbocycles. The van der Waals surface area contributed by atoms with Gasteiger partial charge in [-0.15, -0.1) is 0 Å². The molecule has 1 aliphatic rings. The van der Waals surface area contributed by atoms with Crippen molar-refractivity contribution in [3.8, 4) is 5.75 Å². The molecular weight excluding hydrogens is 368 g/mol. The second kappa shape index (κ2) is 7.88. The second-order valence-corrected chi connectivity index (χ2v) is 7.65. The highest BCUT2D eigenvalue weighted by atomic mass is 32.2. The largest absolute Gasteiger partial charge is 0.497 e. The molecule has 2 aromatic carbocycles. The Balaban J connectivity index is 1.66. The number of thiocarbonyl (C=S) groups is 1. The number of aryl methyl sites for hydroxylation is 1. The van der Waals surface area contributed by atoms with E-state index in [2.05, 4.69) is 5.32 Å². The number of rotatable bonds is 5. The zero-order valence-electron chi connectivity index (χ0n) is 14.4. The number of anilines is 2. The third kappa shape index (κ3) is 3.89. The van der Waals surface area contributed by atoms with E-state index in [1.54, 1.807) is 31.4 Å². The van der Waals surface area contributed by atoms with Gasteiger partial charge >= 0.3 is 0 Å². The number of methoxy groups -OCH3 is 1. The molecule has 3 rings (SSSR count). The molecule has 1 N–H and O–H groups in total. The van der Waals surface area contributed by atoms with Crippen molar-refractivity contribution in [1.82, 2.24) is 0 Å². The Labute approximate surface area is 161 Å². The number of carbonyl (C=O) groups excluding carboxylic acids is 2. The van der Waals surface area contributed by atoms with Crippen LogP contribution in [0, 0.1) is 6.92 Å². The highest BCUT2D eigenvalue weighted by Crippen LogP contribution is 2.35. The van der Waals surface area contributed by atoms with Gasteiger partial charge < -0.3 is 10.1 Å². The smallest absolute Gasteiger partial charge is 0.246 e. The zero-order chi connectivity index (χ0) is 18.7. The maximum atomic E-state index is 12.8. The van der Waals surface area contributed by atoms with Crippen LogP contribution in [0.4, 0.5) is 11.4 Å². The number of nitrogens with zero attached hydrogens (tertiary/aromatic N) is 1. The van der Waals surface area contributed by atoms with Gasteiger partial charge in [-0.3, -0.25) is 14.5 Å². The van der Waals surface area contributed by atoms with Crippen LogP contribution in [0.2, 0.25) is 0 Å². The number of benzene rings is 2. The molecule has 0 radical (unpaired) electrons. The van der Waals surface area contributed by atoms with Crippen molar-refractivity contribution < 1.29 is 14.3 Å². The van der Waals surface area contributed by atoms with Gasteiger partial charge in [0.25, 0.3) is 0 Å². The molecule has 7 heteroatoms. The van der Waals surface area contributed by atoms with Gasteiger partial charge in [0, 0.05) is 12.1 Å². The predicted octanol–water partition coefficient (Wildman–Crippen LogP) is 3.77. The van der Waals surface area contributed by atoms with E-state index in [1.165, 1.54) is 16.7 Å². The number of carbonyl (C=O) groups is 2. The molecule has 0 aliphatic carbocycles. The van der Waals surface area contributed by atoms with Gasteiger partial charge in [0.15, 0.2) is 0 Å². The first-order valence-corrected chi connectivity index (χ1v) is 9.32. The summed E-state index contributed by atoms with van der Waals surface area (Å²) >= 11 is 6.63. The Morgan fingerprint density at radius 3 is 2.58 bits per heavy atom. The molecule has 26 heavy (non-hydrogen) atoms. The number of hydrogen-bond donors (Lipinski definition) is 1. The fourth-order valence-electron chi connectivity index (χ4n) is 2.67. The molecule has 1 heterocycles. The highest BCUT2D eigenvalue weighted by Gasteiger charge is 2.39. The van der Waals surface area contributed by atoms with Crippen LogP contribution in [0.1, 0.15) is 12.0 Å². The average molecular weight is 386 g/mol. The maximum Gasteiger partial charge on any atom is 0.246 e. The van der Waals surface area contributed by atoms with Crippen LogP contribution >= 0.6 is 24.0 Å². The van der Waals surface area contributed by atoms with Gasteiger partial charge in [0.05, 0.1) is 12.8 Å². The lowest BCUT2D eigenvalue weighted by molar-refractivity contribution is -0.121. The van der Waals surface area contributed by atoms with Crippen molar-refractivity contribution in [2.45, 2.75) is 18.6 Å². The van der Waals surface area contributed by atoms with Crippen LogP contribution in [0.15, 0.2) is 48.5 Å². The van der Waals surface area contributed by atoms with Crippen molar-refractivity contribution in [2.75, 3.05) is 17.3 Å². The first-order valence-electron chi connectivity index (χ1n) is 8.03. The fourth-order valence-corrected chi connectivity index (χ4v) is 4.19. The van der Waals surface area contributed by atoms with Crippen LogP contribution in [-0.2, 0) is 9.59 Å². The standard InChI is InChI=1S/C19H18N2O3S2/c1-12-5-3-4-6-15(12)21-18(23)16(26-19(21)25)11-17(22)20-13-7-9-14(24-2)10-8-13/h3-10,16H,11H2,1-2H3,(H,20,22). The van der Waals surface area contributed by atoms with E-state index < -0.39 is 5.25 Å². The topological polar surface area (TPSA) is 58.6 Å². The average Bonchev–Trinajstić information content (AvgIpc) is 2.90. The fraction of sp³-hybridized carbons (Fsp3) is 0.211. The van der Waals surface area contributed by atoms with E-state index in [0.717, 1.165) is 11.3 Å². The van der Waals surface area contributed by atoms with E-state index >= 15 is 0 Å². The number of amides is 2. The monoisotopic (exact) mass is 386 g/mol. The lowest BCUT2D eigenvalue weighted by atomic mass is 10.1. The minimum absolute atomic E-state index is 0.0675. The Morgan fingerprint density at radius 2 is 1.92 bits per heavy atom. The summed E-state index contributed by atoms with van der Waals surface area (Å²) in [7, 11) is 1.58. The summed E-state index contributed by atoms with van der Waals surface area (Å²) in [6.45, 7) is 1.93. The molecule has 134 valence electrons. The van der Waals surface area contributed by atoms with Crippen molar-refractivity contribution >= 4 is 51.5 Å². The van der Waals surface area contributed by atoms with Gasteiger partial charge in [-0.05, 0) is 42.8 Å². The van der Waals surface area contributed by atoms with Crippen LogP contribution in [0.25, 0.3) is 0 Å². The molecule has 0 spiro atoms. The van der Waals surface area contributed by atoms with Crippen LogP contribution in [0.3, 0.4) is 0 Å². The summed E-state index contributed by atoms with van der Waals surface area (Å²) in [4.78, 5) is 26.6. The first kappa shape index (κ1) is 18.4. The number of hydrogen-bond acceptors (Lipinski definition) is 5. The highest BCUT2D eigenvalue weighted by molar-refractivity contribution is 8.25. The van der Waals surface area contributed by atoms with E-state index in [1.807, 2.05) is 31.2 Å². The van der Waals surface area contributed by atoms with E-state index in [4.69, 9.17) is 17.0 Å². The van der Waals surface area contributed by atoms with Crippen molar-refractivity contribution in [2.24, 2.45) is 0 Å². The molecule has 1 fully saturated rings. The molecule has 0 aromatic heterocycles. The van der Waals surface area contributed by atoms with Gasteiger partial charge in [0.2, 0.25) is 11.8 Å². The molecule has 1 saturated heterocycles. The SMILES string of the molecule is COc1ccc(NC(=O)CC2SC(=S)N(c3ccccc3C)C2=O)cc1. The van der Waals surface area contributed by atoms with E-state index in [0.29, 0.717) is 15.8 Å². The third-order valence-electron chi connectivity index (χ3n) is 4.02. The molecule has 2 aromatic rings. The van der Waals surface area contributed by atoms with E-state index in [9.17, 15) is 9.59 Å². The Morgan fingerprint density at radius 1 is 1.23 bits per heavy atom. The molecule has 1 aliphatic heterocycles. The molecular formula is C19H18N2O3S2. The summed E-state index contributed by atoms with van der Waals surface area (Å²) < 4.78 is 5.57. The van der Waals surface area contributed by atoms with Crippen molar-refractivity contribution in [3.63, 3.8) is 0 Å². The Hall–Kier alpha value is -2.38. The summed E-state index contributed by atoms with van der Waals surface area (Å²) in [5.74, 6) is 0.332. The van der Waals surface area contributed by atoms with Gasteiger partial charge in [-0.25, -0.2) is 0 Å². The van der Waals surface area contributed by atoms with E-state index in [-0.39, 0.29) is 18.2 Å². The quantitative estimate of drug-likeness (QED) is 0.793. The second-order valence-electron chi connectivity index (χ2n) is 5.81. The molecule has 5 nitrogen and oxygen atoms in total. The van der Waals surface area contributed by atoms with Crippen LogP contribution in [0.5, 0.6) is 5.75 Å². The predicted molar refractivity (Wildman–Crippen MR) is 109 cm³/mol. The summed E-state index contributed by atoms with van der Waals surface area (Å²) in [6, 6.07) is 14.6. The Bertz CT molecular complexity index is 852. The summed E-state index contributed by atoms with van der Waals surface area (Å²) in [5, 5.41) is 2.29. The molecule has 2 amide bonds. The van der Waals surface area contributed by atoms with Gasteiger partial charge in [0.1, 0.15) is 15.3 Å².